The minimum Gasteiger partial charge on any atom is -0.493 e. The van der Waals surface area contributed by atoms with Crippen LogP contribution in [0.3, 0.4) is 0 Å². The maximum Gasteiger partial charge on any atom is 0.260 e. The van der Waals surface area contributed by atoms with Crippen molar-refractivity contribution in [3.63, 3.8) is 0 Å². The van der Waals surface area contributed by atoms with E-state index in [1.54, 1.807) is 62.8 Å². The highest BCUT2D eigenvalue weighted by Gasteiger charge is 2.37. The fraction of sp³-hybridized carbons (Fsp3) is 0.130. The lowest BCUT2D eigenvalue weighted by molar-refractivity contribution is 0.347. The van der Waals surface area contributed by atoms with Crippen LogP contribution in [0.4, 0.5) is 0 Å². The van der Waals surface area contributed by atoms with Gasteiger partial charge in [-0.05, 0) is 48.0 Å². The van der Waals surface area contributed by atoms with Crippen molar-refractivity contribution < 1.29 is 17.9 Å². The molecule has 0 radical (unpaired) electrons. The number of ether oxygens (including phenoxy) is 2. The first-order chi connectivity index (χ1) is 15.0. The van der Waals surface area contributed by atoms with Gasteiger partial charge in [-0.3, -0.25) is 0 Å². The Kier molecular flexibility index (Phi) is 5.91. The van der Waals surface area contributed by atoms with Gasteiger partial charge in [0.1, 0.15) is 0 Å². The highest BCUT2D eigenvalue weighted by Crippen LogP contribution is 2.39. The van der Waals surface area contributed by atoms with Crippen molar-refractivity contribution in [2.24, 2.45) is 0 Å². The van der Waals surface area contributed by atoms with Crippen LogP contribution in [0.15, 0.2) is 83.8 Å². The van der Waals surface area contributed by atoms with Gasteiger partial charge in [-0.15, -0.1) is 4.41 Å². The maximum atomic E-state index is 13.5. The molecule has 0 amide bonds. The average molecular weight is 457 g/mol. The van der Waals surface area contributed by atoms with Crippen molar-refractivity contribution in [3.05, 3.63) is 95.0 Å². The van der Waals surface area contributed by atoms with E-state index in [2.05, 4.69) is 5.43 Å². The van der Waals surface area contributed by atoms with Gasteiger partial charge >= 0.3 is 0 Å². The van der Waals surface area contributed by atoms with Crippen LogP contribution in [0, 0.1) is 0 Å². The molecule has 160 valence electrons. The zero-order chi connectivity index (χ0) is 22.0. The molecule has 0 saturated carbocycles. The minimum absolute atomic E-state index is 0.182. The predicted octanol–water partition coefficient (Wildman–Crippen LogP) is 4.65. The lowest BCUT2D eigenvalue weighted by Crippen LogP contribution is -2.39. The third-order valence-electron chi connectivity index (χ3n) is 5.03. The summed E-state index contributed by atoms with van der Waals surface area (Å²) in [6, 6.07) is 20.2. The Labute approximate surface area is 186 Å². The maximum absolute atomic E-state index is 13.5. The Morgan fingerprint density at radius 2 is 1.58 bits per heavy atom. The molecule has 1 heterocycles. The van der Waals surface area contributed by atoms with Crippen LogP contribution >= 0.6 is 11.6 Å². The number of hydrogen-bond acceptors (Lipinski definition) is 5. The summed E-state index contributed by atoms with van der Waals surface area (Å²) in [5.41, 5.74) is 5.10. The summed E-state index contributed by atoms with van der Waals surface area (Å²) >= 11 is 6.43. The zero-order valence-electron chi connectivity index (χ0n) is 16.9. The molecule has 0 unspecified atom stereocenters. The van der Waals surface area contributed by atoms with Crippen molar-refractivity contribution in [1.29, 1.82) is 0 Å². The van der Waals surface area contributed by atoms with E-state index in [4.69, 9.17) is 21.1 Å². The third kappa shape index (κ3) is 3.99. The fourth-order valence-electron chi connectivity index (χ4n) is 3.46. The Morgan fingerprint density at radius 1 is 0.903 bits per heavy atom. The molecule has 4 rings (SSSR count). The second-order valence-corrected chi connectivity index (χ2v) is 9.06. The van der Waals surface area contributed by atoms with Gasteiger partial charge in [0.2, 0.25) is 0 Å². The molecule has 8 heteroatoms. The molecule has 1 aliphatic rings. The second kappa shape index (κ2) is 8.63. The monoisotopic (exact) mass is 456 g/mol. The summed E-state index contributed by atoms with van der Waals surface area (Å²) in [6.07, 6.45) is 1.84. The van der Waals surface area contributed by atoms with Gasteiger partial charge in [0.05, 0.1) is 30.9 Å². The average Bonchev–Trinajstić information content (AvgIpc) is 3.25. The highest BCUT2D eigenvalue weighted by molar-refractivity contribution is 7.89. The fourth-order valence-corrected chi connectivity index (χ4v) is 5.13. The molecule has 0 saturated heterocycles. The number of sulfonamides is 1. The van der Waals surface area contributed by atoms with Crippen molar-refractivity contribution in [3.8, 4) is 11.5 Å². The van der Waals surface area contributed by atoms with Crippen molar-refractivity contribution in [2.75, 3.05) is 14.2 Å². The summed E-state index contributed by atoms with van der Waals surface area (Å²) in [7, 11) is -0.753. The van der Waals surface area contributed by atoms with Crippen molar-refractivity contribution in [2.45, 2.75) is 10.9 Å². The predicted molar refractivity (Wildman–Crippen MR) is 120 cm³/mol. The molecule has 31 heavy (non-hydrogen) atoms. The molecule has 3 aromatic rings. The number of nitrogens with zero attached hydrogens (tertiary/aromatic N) is 1. The number of benzene rings is 3. The Bertz CT molecular complexity index is 1230. The number of halogens is 1. The van der Waals surface area contributed by atoms with E-state index < -0.39 is 16.1 Å². The Balaban J connectivity index is 1.81. The normalized spacial score (nSPS) is 16.5. The number of nitrogens with one attached hydrogen (secondary N) is 1. The molecule has 0 fully saturated rings. The standard InChI is InChI=1S/C23H21ClN2O4S/c1-29-22-13-12-16(14-23(22)30-2)20-15-21(18-10-6-7-11-19(18)24)26(25-20)31(27,28)17-8-4-3-5-9-17/h3-15,21,25H,1-2H3/t21-/m0/s1. The van der Waals surface area contributed by atoms with E-state index in [1.165, 1.54) is 4.41 Å². The second-order valence-electron chi connectivity index (χ2n) is 6.84. The van der Waals surface area contributed by atoms with Crippen LogP contribution in [0.2, 0.25) is 5.02 Å². The minimum atomic E-state index is -3.87. The van der Waals surface area contributed by atoms with Gasteiger partial charge in [-0.2, -0.15) is 0 Å². The largest absolute Gasteiger partial charge is 0.493 e. The van der Waals surface area contributed by atoms with Gasteiger partial charge < -0.3 is 14.9 Å². The van der Waals surface area contributed by atoms with Crippen LogP contribution in [0.5, 0.6) is 11.5 Å². The number of rotatable bonds is 6. The van der Waals surface area contributed by atoms with Crippen LogP contribution in [-0.2, 0) is 10.0 Å². The molecule has 3 aromatic carbocycles. The molecular weight excluding hydrogens is 436 g/mol. The number of methoxy groups -OCH3 is 2. The van der Waals surface area contributed by atoms with Crippen molar-refractivity contribution >= 4 is 27.3 Å². The summed E-state index contributed by atoms with van der Waals surface area (Å²) in [4.78, 5) is 0.182. The molecule has 6 nitrogen and oxygen atoms in total. The summed E-state index contributed by atoms with van der Waals surface area (Å²) in [6.45, 7) is 0. The van der Waals surface area contributed by atoms with Crippen LogP contribution in [0.1, 0.15) is 17.2 Å². The summed E-state index contributed by atoms with van der Waals surface area (Å²) in [5.74, 6) is 1.13. The Hall–Kier alpha value is -3.00. The lowest BCUT2D eigenvalue weighted by Gasteiger charge is -2.25. The number of hydrazine groups is 1. The summed E-state index contributed by atoms with van der Waals surface area (Å²) in [5, 5.41) is 0.479. The molecule has 1 aliphatic heterocycles. The quantitative estimate of drug-likeness (QED) is 0.584. The molecule has 1 atom stereocenters. The van der Waals surface area contributed by atoms with Crippen molar-refractivity contribution in [1.82, 2.24) is 9.84 Å². The van der Waals surface area contributed by atoms with Gasteiger partial charge in [0, 0.05) is 10.6 Å². The van der Waals surface area contributed by atoms with E-state index in [1.807, 2.05) is 30.3 Å². The topological polar surface area (TPSA) is 67.9 Å². The van der Waals surface area contributed by atoms with E-state index in [9.17, 15) is 8.42 Å². The summed E-state index contributed by atoms with van der Waals surface area (Å²) < 4.78 is 38.9. The van der Waals surface area contributed by atoms with Crippen LogP contribution in [-0.4, -0.2) is 27.1 Å². The van der Waals surface area contributed by atoms with Gasteiger partial charge in [-0.25, -0.2) is 8.42 Å². The van der Waals surface area contributed by atoms with Gasteiger partial charge in [0.25, 0.3) is 10.0 Å². The van der Waals surface area contributed by atoms with E-state index in [0.29, 0.717) is 27.8 Å². The highest BCUT2D eigenvalue weighted by atomic mass is 35.5. The Morgan fingerprint density at radius 3 is 2.26 bits per heavy atom. The molecule has 1 N–H and O–H groups in total. The SMILES string of the molecule is COc1ccc(C2=C[C@@H](c3ccccc3Cl)N(S(=O)(=O)c3ccccc3)N2)cc1OC. The third-order valence-corrected chi connectivity index (χ3v) is 7.07. The smallest absolute Gasteiger partial charge is 0.260 e. The number of hydrogen-bond donors (Lipinski definition) is 1. The first kappa shape index (κ1) is 21.2. The van der Waals surface area contributed by atoms with Crippen LogP contribution < -0.4 is 14.9 Å². The molecule has 0 spiro atoms. The van der Waals surface area contributed by atoms with E-state index >= 15 is 0 Å². The molecule has 0 aliphatic carbocycles. The lowest BCUT2D eigenvalue weighted by atomic mass is 10.1. The first-order valence-electron chi connectivity index (χ1n) is 9.50. The molecular formula is C23H21ClN2O4S. The zero-order valence-corrected chi connectivity index (χ0v) is 18.5. The van der Waals surface area contributed by atoms with E-state index in [0.717, 1.165) is 5.56 Å². The van der Waals surface area contributed by atoms with Crippen LogP contribution in [0.25, 0.3) is 5.70 Å². The van der Waals surface area contributed by atoms with Gasteiger partial charge in [-0.1, -0.05) is 48.0 Å². The van der Waals surface area contributed by atoms with Gasteiger partial charge in [0.15, 0.2) is 11.5 Å². The first-order valence-corrected chi connectivity index (χ1v) is 11.3. The van der Waals surface area contributed by atoms with E-state index in [-0.39, 0.29) is 4.90 Å². The molecule has 0 bridgehead atoms. The molecule has 0 aromatic heterocycles.